The molecule has 2 aromatic rings. The molecule has 0 fully saturated rings. The van der Waals surface area contributed by atoms with E-state index in [9.17, 15) is 14.4 Å². The van der Waals surface area contributed by atoms with Crippen molar-refractivity contribution in [3.63, 3.8) is 0 Å². The van der Waals surface area contributed by atoms with Crippen LogP contribution in [0.1, 0.15) is 29.3 Å². The minimum Gasteiger partial charge on any atom is -0.462 e. The Morgan fingerprint density at radius 2 is 1.86 bits per heavy atom. The third-order valence-electron chi connectivity index (χ3n) is 4.17. The number of nitrogens with zero attached hydrogens (tertiary/aromatic N) is 1. The van der Waals surface area contributed by atoms with Crippen molar-refractivity contribution in [1.29, 1.82) is 0 Å². The van der Waals surface area contributed by atoms with E-state index in [1.807, 2.05) is 13.0 Å². The Bertz CT molecular complexity index is 988. The summed E-state index contributed by atoms with van der Waals surface area (Å²) in [7, 11) is 0. The highest BCUT2D eigenvalue weighted by Gasteiger charge is 2.37. The zero-order valence-corrected chi connectivity index (χ0v) is 17.9. The van der Waals surface area contributed by atoms with Crippen LogP contribution in [0.15, 0.2) is 63.7 Å². The van der Waals surface area contributed by atoms with Gasteiger partial charge in [0.05, 0.1) is 18.7 Å². The summed E-state index contributed by atoms with van der Waals surface area (Å²) in [6, 6.07) is 13.7. The normalized spacial score (nSPS) is 13.8. The van der Waals surface area contributed by atoms with Crippen molar-refractivity contribution in [1.82, 2.24) is 4.90 Å². The number of nitrogens with one attached hydrogen (secondary N) is 1. The third-order valence-corrected chi connectivity index (χ3v) is 5.02. The monoisotopic (exact) mass is 476 g/mol. The van der Waals surface area contributed by atoms with Crippen LogP contribution in [0, 0.1) is 0 Å². The van der Waals surface area contributed by atoms with Crippen LogP contribution in [-0.4, -0.2) is 29.3 Å². The fourth-order valence-electron chi connectivity index (χ4n) is 2.72. The number of amides is 2. The lowest BCUT2D eigenvalue weighted by Gasteiger charge is -2.15. The van der Waals surface area contributed by atoms with Crippen molar-refractivity contribution in [3.8, 4) is 0 Å². The van der Waals surface area contributed by atoms with E-state index in [0.29, 0.717) is 23.4 Å². The molecule has 2 aromatic carbocycles. The van der Waals surface area contributed by atoms with Crippen LogP contribution in [0.5, 0.6) is 0 Å². The molecule has 1 heterocycles. The second kappa shape index (κ2) is 9.24. The lowest BCUT2D eigenvalue weighted by Crippen LogP contribution is -2.31. The van der Waals surface area contributed by atoms with Crippen LogP contribution in [-0.2, 0) is 20.9 Å². The number of imide groups is 1. The molecule has 150 valence electrons. The lowest BCUT2D eigenvalue weighted by molar-refractivity contribution is -0.138. The maximum Gasteiger partial charge on any atom is 0.338 e. The van der Waals surface area contributed by atoms with Crippen LogP contribution in [0.3, 0.4) is 0 Å². The standard InChI is InChI=1S/C21H18BrClN2O4/c1-2-10-29-21(28)14-8-6-13(7-9-14)12-25-19(26)17(23)18(20(25)27)24-16-5-3-4-15(22)11-16/h3-9,11,24H,2,10,12H2,1H3. The molecular formula is C21H18BrClN2O4. The van der Waals surface area contributed by atoms with Gasteiger partial charge in [0.2, 0.25) is 0 Å². The Morgan fingerprint density at radius 3 is 2.52 bits per heavy atom. The minimum atomic E-state index is -0.569. The Labute approximate surface area is 181 Å². The predicted molar refractivity (Wildman–Crippen MR) is 113 cm³/mol. The number of benzene rings is 2. The quantitative estimate of drug-likeness (QED) is 0.471. The number of rotatable bonds is 7. The lowest BCUT2D eigenvalue weighted by atomic mass is 10.1. The Kier molecular flexibility index (Phi) is 6.71. The molecule has 0 aromatic heterocycles. The van der Waals surface area contributed by atoms with Crippen molar-refractivity contribution < 1.29 is 19.1 Å². The number of halogens is 2. The molecule has 0 saturated heterocycles. The van der Waals surface area contributed by atoms with Gasteiger partial charge >= 0.3 is 5.97 Å². The van der Waals surface area contributed by atoms with Gasteiger partial charge in [-0.15, -0.1) is 0 Å². The number of hydrogen-bond acceptors (Lipinski definition) is 5. The molecule has 2 amide bonds. The summed E-state index contributed by atoms with van der Waals surface area (Å²) in [6.45, 7) is 2.32. The number of ether oxygens (including phenoxy) is 1. The number of carbonyl (C=O) groups is 3. The molecule has 0 aliphatic carbocycles. The summed E-state index contributed by atoms with van der Waals surface area (Å²) in [5, 5.41) is 2.76. The minimum absolute atomic E-state index is 0.0366. The third kappa shape index (κ3) is 4.86. The molecule has 0 radical (unpaired) electrons. The highest BCUT2D eigenvalue weighted by atomic mass is 79.9. The molecular weight excluding hydrogens is 460 g/mol. The first-order valence-electron chi connectivity index (χ1n) is 8.95. The van der Waals surface area contributed by atoms with E-state index in [1.165, 1.54) is 0 Å². The van der Waals surface area contributed by atoms with E-state index in [0.717, 1.165) is 15.8 Å². The first-order chi connectivity index (χ1) is 13.9. The van der Waals surface area contributed by atoms with Crippen LogP contribution in [0.2, 0.25) is 0 Å². The average molecular weight is 478 g/mol. The largest absolute Gasteiger partial charge is 0.462 e. The summed E-state index contributed by atoms with van der Waals surface area (Å²) in [5.74, 6) is -1.48. The van der Waals surface area contributed by atoms with E-state index in [-0.39, 0.29) is 17.3 Å². The van der Waals surface area contributed by atoms with E-state index in [2.05, 4.69) is 21.2 Å². The molecule has 1 aliphatic rings. The molecule has 6 nitrogen and oxygen atoms in total. The molecule has 1 N–H and O–H groups in total. The second-order valence-corrected chi connectivity index (χ2v) is 7.65. The number of esters is 1. The fraction of sp³-hybridized carbons (Fsp3) is 0.190. The SMILES string of the molecule is CCCOC(=O)c1ccc(CN2C(=O)C(Cl)=C(Nc3cccc(Br)c3)C2=O)cc1. The van der Waals surface area contributed by atoms with Gasteiger partial charge < -0.3 is 10.1 Å². The second-order valence-electron chi connectivity index (χ2n) is 6.35. The van der Waals surface area contributed by atoms with Crippen LogP contribution >= 0.6 is 27.5 Å². The molecule has 0 atom stereocenters. The van der Waals surface area contributed by atoms with Gasteiger partial charge in [-0.3, -0.25) is 14.5 Å². The Morgan fingerprint density at radius 1 is 1.14 bits per heavy atom. The van der Waals surface area contributed by atoms with Crippen LogP contribution in [0.25, 0.3) is 0 Å². The first-order valence-corrected chi connectivity index (χ1v) is 10.1. The smallest absolute Gasteiger partial charge is 0.338 e. The maximum absolute atomic E-state index is 12.7. The van der Waals surface area contributed by atoms with Crippen molar-refractivity contribution in [2.24, 2.45) is 0 Å². The van der Waals surface area contributed by atoms with Crippen molar-refractivity contribution >= 4 is 51.0 Å². The van der Waals surface area contributed by atoms with Crippen molar-refractivity contribution in [2.45, 2.75) is 19.9 Å². The van der Waals surface area contributed by atoms with Gasteiger partial charge in [0.1, 0.15) is 10.7 Å². The molecule has 0 unspecified atom stereocenters. The number of anilines is 1. The zero-order valence-electron chi connectivity index (χ0n) is 15.6. The fourth-order valence-corrected chi connectivity index (χ4v) is 3.35. The van der Waals surface area contributed by atoms with Crippen molar-refractivity contribution in [2.75, 3.05) is 11.9 Å². The number of carbonyl (C=O) groups excluding carboxylic acids is 3. The highest BCUT2D eigenvalue weighted by Crippen LogP contribution is 2.28. The van der Waals surface area contributed by atoms with Gasteiger partial charge in [-0.1, -0.05) is 52.7 Å². The van der Waals surface area contributed by atoms with Gasteiger partial charge in [0, 0.05) is 10.2 Å². The zero-order chi connectivity index (χ0) is 21.0. The molecule has 0 saturated carbocycles. The summed E-state index contributed by atoms with van der Waals surface area (Å²) in [4.78, 5) is 38.1. The van der Waals surface area contributed by atoms with Gasteiger partial charge in [-0.2, -0.15) is 0 Å². The molecule has 8 heteroatoms. The van der Waals surface area contributed by atoms with E-state index in [4.69, 9.17) is 16.3 Å². The number of hydrogen-bond donors (Lipinski definition) is 1. The first kappa shape index (κ1) is 21.1. The van der Waals surface area contributed by atoms with Gasteiger partial charge in [-0.25, -0.2) is 4.79 Å². The highest BCUT2D eigenvalue weighted by molar-refractivity contribution is 9.10. The predicted octanol–water partition coefficient (Wildman–Crippen LogP) is 4.45. The summed E-state index contributed by atoms with van der Waals surface area (Å²) in [6.07, 6.45) is 0.743. The molecule has 1 aliphatic heterocycles. The van der Waals surface area contributed by atoms with E-state index < -0.39 is 17.8 Å². The van der Waals surface area contributed by atoms with Gasteiger partial charge in [0.25, 0.3) is 11.8 Å². The van der Waals surface area contributed by atoms with Gasteiger partial charge in [0.15, 0.2) is 0 Å². The average Bonchev–Trinajstić information content (AvgIpc) is 2.91. The topological polar surface area (TPSA) is 75.7 Å². The summed E-state index contributed by atoms with van der Waals surface area (Å²) >= 11 is 9.48. The van der Waals surface area contributed by atoms with Crippen molar-refractivity contribution in [3.05, 3.63) is 74.9 Å². The summed E-state index contributed by atoms with van der Waals surface area (Å²) in [5.41, 5.74) is 1.77. The molecule has 3 rings (SSSR count). The Hall–Kier alpha value is -2.64. The molecule has 0 bridgehead atoms. The van der Waals surface area contributed by atoms with E-state index in [1.54, 1.807) is 42.5 Å². The Balaban J connectivity index is 1.70. The summed E-state index contributed by atoms with van der Waals surface area (Å²) < 4.78 is 5.91. The van der Waals surface area contributed by atoms with Crippen LogP contribution < -0.4 is 5.32 Å². The molecule has 0 spiro atoms. The van der Waals surface area contributed by atoms with Crippen LogP contribution in [0.4, 0.5) is 5.69 Å². The van der Waals surface area contributed by atoms with Gasteiger partial charge in [-0.05, 0) is 42.3 Å². The van der Waals surface area contributed by atoms with E-state index >= 15 is 0 Å². The molecule has 29 heavy (non-hydrogen) atoms. The maximum atomic E-state index is 12.7.